The zero-order valence-corrected chi connectivity index (χ0v) is 12.1. The predicted octanol–water partition coefficient (Wildman–Crippen LogP) is 3.82. The molecule has 0 aliphatic rings. The van der Waals surface area contributed by atoms with E-state index in [0.29, 0.717) is 11.8 Å². The van der Waals surface area contributed by atoms with Crippen molar-refractivity contribution < 1.29 is 9.26 Å². The van der Waals surface area contributed by atoms with Gasteiger partial charge in [-0.05, 0) is 39.5 Å². The molecule has 1 heterocycles. The summed E-state index contributed by atoms with van der Waals surface area (Å²) < 4.78 is 11.2. The Bertz CT molecular complexity index is 564. The lowest BCUT2D eigenvalue weighted by Gasteiger charge is -2.14. The number of aromatic nitrogens is 1. The van der Waals surface area contributed by atoms with Crippen LogP contribution in [0.3, 0.4) is 0 Å². The van der Waals surface area contributed by atoms with E-state index in [9.17, 15) is 0 Å². The minimum absolute atomic E-state index is 0.308. The number of halogens is 1. The Labute approximate surface area is 114 Å². The van der Waals surface area contributed by atoms with Crippen LogP contribution in [0.4, 0.5) is 5.88 Å². The highest BCUT2D eigenvalue weighted by Crippen LogP contribution is 2.38. The summed E-state index contributed by atoms with van der Waals surface area (Å²) in [7, 11) is 1.67. The Kier molecular flexibility index (Phi) is 3.61. The molecule has 0 aliphatic heterocycles. The molecule has 0 atom stereocenters. The van der Waals surface area contributed by atoms with E-state index in [1.165, 1.54) is 0 Å². The Balaban J connectivity index is 2.57. The molecule has 0 spiro atoms. The fraction of sp³-hybridized carbons (Fsp3) is 0.308. The van der Waals surface area contributed by atoms with E-state index < -0.39 is 0 Å². The molecule has 5 heteroatoms. The number of hydrogen-bond donors (Lipinski definition) is 1. The van der Waals surface area contributed by atoms with Crippen molar-refractivity contribution in [2.75, 3.05) is 12.8 Å². The maximum atomic E-state index is 5.54. The number of nitrogen functional groups attached to an aromatic ring is 1. The van der Waals surface area contributed by atoms with E-state index in [2.05, 4.69) is 34.9 Å². The van der Waals surface area contributed by atoms with Gasteiger partial charge in [-0.1, -0.05) is 19.0 Å². The van der Waals surface area contributed by atoms with Gasteiger partial charge >= 0.3 is 0 Å². The maximum Gasteiger partial charge on any atom is 0.222 e. The third-order valence-corrected chi connectivity index (χ3v) is 3.31. The molecular weight excluding hydrogens is 296 g/mol. The molecule has 0 radical (unpaired) electrons. The van der Waals surface area contributed by atoms with Crippen LogP contribution in [0.2, 0.25) is 0 Å². The molecular formula is C13H15BrN2O2. The van der Waals surface area contributed by atoms with E-state index >= 15 is 0 Å². The molecule has 1 aromatic heterocycles. The average molecular weight is 311 g/mol. The smallest absolute Gasteiger partial charge is 0.222 e. The van der Waals surface area contributed by atoms with Crippen LogP contribution in [0, 0.1) is 0 Å². The van der Waals surface area contributed by atoms with Crippen LogP contribution in [-0.2, 0) is 0 Å². The molecule has 0 aliphatic carbocycles. The van der Waals surface area contributed by atoms with Gasteiger partial charge in [-0.15, -0.1) is 0 Å². The van der Waals surface area contributed by atoms with E-state index in [1.54, 1.807) is 13.2 Å². The summed E-state index contributed by atoms with van der Waals surface area (Å²) in [6, 6.07) is 5.70. The molecule has 96 valence electrons. The number of rotatable bonds is 3. The van der Waals surface area contributed by atoms with Crippen molar-refractivity contribution in [1.82, 2.24) is 5.16 Å². The summed E-state index contributed by atoms with van der Waals surface area (Å²) in [5.41, 5.74) is 8.33. The van der Waals surface area contributed by atoms with E-state index in [-0.39, 0.29) is 0 Å². The standard InChI is InChI=1S/C13H15BrN2O2/c1-7(2)9-4-8(5-10(14)13(9)17-3)11-6-12(15)18-16-11/h4-7H,15H2,1-3H3. The van der Waals surface area contributed by atoms with Crippen LogP contribution in [0.1, 0.15) is 25.3 Å². The van der Waals surface area contributed by atoms with Gasteiger partial charge < -0.3 is 15.0 Å². The van der Waals surface area contributed by atoms with Crippen molar-refractivity contribution in [2.45, 2.75) is 19.8 Å². The van der Waals surface area contributed by atoms with Gasteiger partial charge in [0.25, 0.3) is 0 Å². The van der Waals surface area contributed by atoms with Crippen LogP contribution in [0.25, 0.3) is 11.3 Å². The molecule has 18 heavy (non-hydrogen) atoms. The highest BCUT2D eigenvalue weighted by molar-refractivity contribution is 9.10. The second-order valence-electron chi connectivity index (χ2n) is 4.35. The molecule has 0 unspecified atom stereocenters. The number of nitrogens with zero attached hydrogens (tertiary/aromatic N) is 1. The van der Waals surface area contributed by atoms with Crippen LogP contribution in [0.15, 0.2) is 27.2 Å². The molecule has 1 aromatic carbocycles. The first-order valence-corrected chi connectivity index (χ1v) is 6.42. The van der Waals surface area contributed by atoms with Crippen LogP contribution in [0.5, 0.6) is 5.75 Å². The summed E-state index contributed by atoms with van der Waals surface area (Å²) >= 11 is 3.52. The number of nitrogens with two attached hydrogens (primary N) is 1. The summed E-state index contributed by atoms with van der Waals surface area (Å²) in [6.07, 6.45) is 0. The Morgan fingerprint density at radius 1 is 1.33 bits per heavy atom. The largest absolute Gasteiger partial charge is 0.495 e. The minimum atomic E-state index is 0.308. The third-order valence-electron chi connectivity index (χ3n) is 2.72. The zero-order chi connectivity index (χ0) is 13.3. The Hall–Kier alpha value is -1.49. The van der Waals surface area contributed by atoms with Crippen molar-refractivity contribution in [3.63, 3.8) is 0 Å². The molecule has 0 fully saturated rings. The number of methoxy groups -OCH3 is 1. The highest BCUT2D eigenvalue weighted by atomic mass is 79.9. The monoisotopic (exact) mass is 310 g/mol. The number of benzene rings is 1. The molecule has 2 N–H and O–H groups in total. The van der Waals surface area contributed by atoms with Crippen molar-refractivity contribution in [2.24, 2.45) is 0 Å². The van der Waals surface area contributed by atoms with Crippen molar-refractivity contribution in [3.8, 4) is 17.0 Å². The quantitative estimate of drug-likeness (QED) is 0.936. The fourth-order valence-electron chi connectivity index (χ4n) is 1.83. The topological polar surface area (TPSA) is 61.3 Å². The summed E-state index contributed by atoms with van der Waals surface area (Å²) in [5, 5.41) is 3.92. The van der Waals surface area contributed by atoms with Gasteiger partial charge in [0.2, 0.25) is 5.88 Å². The first-order valence-electron chi connectivity index (χ1n) is 5.63. The van der Waals surface area contributed by atoms with Crippen LogP contribution >= 0.6 is 15.9 Å². The fourth-order valence-corrected chi connectivity index (χ4v) is 2.47. The van der Waals surface area contributed by atoms with Gasteiger partial charge in [0.15, 0.2) is 0 Å². The van der Waals surface area contributed by atoms with Gasteiger partial charge in [0.1, 0.15) is 11.4 Å². The second kappa shape index (κ2) is 5.02. The lowest BCUT2D eigenvalue weighted by molar-refractivity contribution is 0.405. The Morgan fingerprint density at radius 3 is 2.56 bits per heavy atom. The predicted molar refractivity (Wildman–Crippen MR) is 74.7 cm³/mol. The molecule has 2 aromatic rings. The van der Waals surface area contributed by atoms with E-state index in [0.717, 1.165) is 27.0 Å². The lowest BCUT2D eigenvalue weighted by Crippen LogP contribution is -1.96. The first-order chi connectivity index (χ1) is 8.52. The van der Waals surface area contributed by atoms with Crippen molar-refractivity contribution >= 4 is 21.8 Å². The summed E-state index contributed by atoms with van der Waals surface area (Å²) in [6.45, 7) is 4.23. The molecule has 2 rings (SSSR count). The van der Waals surface area contributed by atoms with Gasteiger partial charge in [0, 0.05) is 11.6 Å². The van der Waals surface area contributed by atoms with Gasteiger partial charge in [-0.3, -0.25) is 0 Å². The summed E-state index contributed by atoms with van der Waals surface area (Å²) in [4.78, 5) is 0. The van der Waals surface area contributed by atoms with Gasteiger partial charge in [0.05, 0.1) is 11.6 Å². The molecule has 4 nitrogen and oxygen atoms in total. The second-order valence-corrected chi connectivity index (χ2v) is 5.20. The van der Waals surface area contributed by atoms with Crippen LogP contribution < -0.4 is 10.5 Å². The average Bonchev–Trinajstić information content (AvgIpc) is 2.74. The Morgan fingerprint density at radius 2 is 2.06 bits per heavy atom. The summed E-state index contributed by atoms with van der Waals surface area (Å²) in [5.74, 6) is 1.51. The van der Waals surface area contributed by atoms with E-state index in [4.69, 9.17) is 15.0 Å². The normalized spacial score (nSPS) is 10.9. The van der Waals surface area contributed by atoms with Crippen molar-refractivity contribution in [3.05, 3.63) is 28.2 Å². The van der Waals surface area contributed by atoms with Crippen molar-refractivity contribution in [1.29, 1.82) is 0 Å². The highest BCUT2D eigenvalue weighted by Gasteiger charge is 2.15. The third kappa shape index (κ3) is 2.36. The number of ether oxygens (including phenoxy) is 1. The number of hydrogen-bond acceptors (Lipinski definition) is 4. The van der Waals surface area contributed by atoms with Gasteiger partial charge in [-0.25, -0.2) is 0 Å². The van der Waals surface area contributed by atoms with Crippen LogP contribution in [-0.4, -0.2) is 12.3 Å². The first kappa shape index (κ1) is 13.0. The minimum Gasteiger partial charge on any atom is -0.495 e. The van der Waals surface area contributed by atoms with Gasteiger partial charge in [-0.2, -0.15) is 0 Å². The van der Waals surface area contributed by atoms with E-state index in [1.807, 2.05) is 12.1 Å². The number of anilines is 1. The molecule has 0 saturated carbocycles. The maximum absolute atomic E-state index is 5.54. The SMILES string of the molecule is COc1c(Br)cc(-c2cc(N)on2)cc1C(C)C. The molecule has 0 bridgehead atoms. The zero-order valence-electron chi connectivity index (χ0n) is 10.5. The molecule has 0 amide bonds. The molecule has 0 saturated heterocycles. The lowest BCUT2D eigenvalue weighted by atomic mass is 9.98.